The van der Waals surface area contributed by atoms with Crippen LogP contribution in [0.1, 0.15) is 47.4 Å². The first-order valence-corrected chi connectivity index (χ1v) is 15.6. The summed E-state index contributed by atoms with van der Waals surface area (Å²) in [4.78, 5) is 30.3. The van der Waals surface area contributed by atoms with Gasteiger partial charge < -0.3 is 25.6 Å². The zero-order valence-corrected chi connectivity index (χ0v) is 26.5. The van der Waals surface area contributed by atoms with E-state index in [9.17, 15) is 27.9 Å². The lowest BCUT2D eigenvalue weighted by molar-refractivity contribution is -0.265. The molecule has 1 aliphatic heterocycles. The number of alkyl halides is 3. The molecule has 1 fully saturated rings. The number of rotatable bonds is 9. The molecule has 252 valence electrons. The maximum absolute atomic E-state index is 14.9. The van der Waals surface area contributed by atoms with E-state index in [2.05, 4.69) is 15.4 Å². The molecule has 4 N–H and O–H groups in total. The standard InChI is InChI=1S/C36H32F3N5O5/c1-34(33(40)46)19-49-31-26(34)16-28(42-30(31)22-10-8-21(9-11-22)20-6-4-3-5-7-20)35(47,36(37,38)39)18-41-32(45)23-14-24-17-44(25-12-13-25)43-29(24)27(15-23)48-2/h3-11,14-17,25,47H,12-13,18-19H2,1-2H3,(H2,40,46)(H,41,45)/t34-,35?/m0/s1. The molecule has 10 nitrogen and oxygen atoms in total. The molecule has 1 aliphatic carbocycles. The number of nitrogens with one attached hydrogen (secondary N) is 1. The van der Waals surface area contributed by atoms with Crippen molar-refractivity contribution in [2.75, 3.05) is 20.3 Å². The molecule has 1 saturated carbocycles. The number of primary amides is 1. The van der Waals surface area contributed by atoms with Gasteiger partial charge in [-0.2, -0.15) is 18.3 Å². The van der Waals surface area contributed by atoms with Crippen LogP contribution in [0.15, 0.2) is 79.0 Å². The number of nitrogens with zero attached hydrogens (tertiary/aromatic N) is 3. The van der Waals surface area contributed by atoms with Crippen LogP contribution in [-0.4, -0.2) is 58.1 Å². The number of aliphatic hydroxyl groups is 1. The largest absolute Gasteiger partial charge is 0.494 e. The van der Waals surface area contributed by atoms with Crippen molar-refractivity contribution in [3.63, 3.8) is 0 Å². The number of benzene rings is 3. The molecule has 49 heavy (non-hydrogen) atoms. The first-order chi connectivity index (χ1) is 23.3. The van der Waals surface area contributed by atoms with Gasteiger partial charge in [0, 0.05) is 28.3 Å². The number of aromatic nitrogens is 3. The lowest BCUT2D eigenvalue weighted by Gasteiger charge is -2.31. The van der Waals surface area contributed by atoms with E-state index < -0.39 is 41.2 Å². The third-order valence-electron chi connectivity index (χ3n) is 9.27. The molecule has 7 rings (SSSR count). The van der Waals surface area contributed by atoms with E-state index in [1.54, 1.807) is 35.1 Å². The van der Waals surface area contributed by atoms with Gasteiger partial charge >= 0.3 is 6.18 Å². The SMILES string of the molecule is COc1cc(C(=O)NCC(O)(c2cc3c(c(-c4ccc(-c5ccccc5)cc4)n2)OC[C@]3(C)C(N)=O)C(F)(F)F)cc2cn(C3CC3)nc12. The summed E-state index contributed by atoms with van der Waals surface area (Å²) in [6, 6.07) is 20.5. The summed E-state index contributed by atoms with van der Waals surface area (Å²) >= 11 is 0. The first kappa shape index (κ1) is 32.1. The number of nitrogens with two attached hydrogens (primary N) is 1. The molecule has 0 saturated heterocycles. The summed E-state index contributed by atoms with van der Waals surface area (Å²) in [5, 5.41) is 18.8. The molecule has 2 amide bonds. The number of carbonyl (C=O) groups is 2. The molecule has 5 aromatic rings. The van der Waals surface area contributed by atoms with Crippen molar-refractivity contribution >= 4 is 22.7 Å². The lowest BCUT2D eigenvalue weighted by Crippen LogP contribution is -2.51. The number of halogens is 3. The Hall–Kier alpha value is -5.43. The molecule has 0 spiro atoms. The molecular formula is C36H32F3N5O5. The number of pyridine rings is 1. The Morgan fingerprint density at radius 3 is 2.37 bits per heavy atom. The van der Waals surface area contributed by atoms with E-state index in [1.807, 2.05) is 30.3 Å². The number of ether oxygens (including phenoxy) is 2. The van der Waals surface area contributed by atoms with E-state index in [-0.39, 0.29) is 41.0 Å². The predicted molar refractivity (Wildman–Crippen MR) is 174 cm³/mol. The van der Waals surface area contributed by atoms with Crippen LogP contribution in [0.5, 0.6) is 11.5 Å². The highest BCUT2D eigenvalue weighted by Crippen LogP contribution is 2.48. The monoisotopic (exact) mass is 671 g/mol. The Morgan fingerprint density at radius 2 is 1.73 bits per heavy atom. The summed E-state index contributed by atoms with van der Waals surface area (Å²) < 4.78 is 57.9. The number of hydrogen-bond acceptors (Lipinski definition) is 7. The minimum atomic E-state index is -5.31. The molecule has 3 heterocycles. The van der Waals surface area contributed by atoms with E-state index in [0.717, 1.165) is 30.0 Å². The van der Waals surface area contributed by atoms with Crippen LogP contribution in [0.3, 0.4) is 0 Å². The summed E-state index contributed by atoms with van der Waals surface area (Å²) in [7, 11) is 1.41. The quantitative estimate of drug-likeness (QED) is 0.190. The third kappa shape index (κ3) is 5.53. The van der Waals surface area contributed by atoms with Crippen LogP contribution in [0, 0.1) is 0 Å². The maximum atomic E-state index is 14.9. The van der Waals surface area contributed by atoms with Crippen molar-refractivity contribution in [3.05, 3.63) is 95.8 Å². The van der Waals surface area contributed by atoms with E-state index >= 15 is 0 Å². The number of methoxy groups -OCH3 is 1. The number of hydrogen-bond donors (Lipinski definition) is 3. The molecule has 13 heteroatoms. The van der Waals surface area contributed by atoms with Gasteiger partial charge in [-0.1, -0.05) is 54.6 Å². The van der Waals surface area contributed by atoms with Crippen LogP contribution >= 0.6 is 0 Å². The highest BCUT2D eigenvalue weighted by molar-refractivity contribution is 6.00. The van der Waals surface area contributed by atoms with Gasteiger partial charge in [0.15, 0.2) is 0 Å². The zero-order chi connectivity index (χ0) is 34.7. The van der Waals surface area contributed by atoms with Crippen molar-refractivity contribution in [2.45, 2.75) is 43.0 Å². The van der Waals surface area contributed by atoms with Crippen LogP contribution in [0.4, 0.5) is 13.2 Å². The molecule has 0 bridgehead atoms. The second-order valence-electron chi connectivity index (χ2n) is 12.7. The molecule has 2 aromatic heterocycles. The maximum Gasteiger partial charge on any atom is 0.424 e. The van der Waals surface area contributed by atoms with Crippen LogP contribution in [0.2, 0.25) is 0 Å². The lowest BCUT2D eigenvalue weighted by atomic mass is 9.81. The van der Waals surface area contributed by atoms with Crippen molar-refractivity contribution in [3.8, 4) is 33.9 Å². The van der Waals surface area contributed by atoms with Gasteiger partial charge in [-0.25, -0.2) is 4.98 Å². The van der Waals surface area contributed by atoms with Gasteiger partial charge in [0.1, 0.15) is 34.7 Å². The number of carbonyl (C=O) groups excluding carboxylic acids is 2. The minimum Gasteiger partial charge on any atom is -0.494 e. The van der Waals surface area contributed by atoms with Gasteiger partial charge in [0.25, 0.3) is 5.91 Å². The van der Waals surface area contributed by atoms with Crippen LogP contribution < -0.4 is 20.5 Å². The Morgan fingerprint density at radius 1 is 1.06 bits per heavy atom. The second-order valence-corrected chi connectivity index (χ2v) is 12.7. The summed E-state index contributed by atoms with van der Waals surface area (Å²) in [5.74, 6) is -1.35. The fourth-order valence-electron chi connectivity index (χ4n) is 6.03. The van der Waals surface area contributed by atoms with Crippen LogP contribution in [-0.2, 0) is 15.8 Å². The van der Waals surface area contributed by atoms with Gasteiger partial charge in [-0.15, -0.1) is 0 Å². The summed E-state index contributed by atoms with van der Waals surface area (Å²) in [5.41, 5.74) is 2.40. The van der Waals surface area contributed by atoms with Crippen molar-refractivity contribution in [1.29, 1.82) is 0 Å². The van der Waals surface area contributed by atoms with E-state index in [1.165, 1.54) is 26.2 Å². The van der Waals surface area contributed by atoms with Crippen molar-refractivity contribution < 1.29 is 37.3 Å². The van der Waals surface area contributed by atoms with Crippen LogP contribution in [0.25, 0.3) is 33.3 Å². The predicted octanol–water partition coefficient (Wildman–Crippen LogP) is 5.42. The minimum absolute atomic E-state index is 0.0139. The smallest absolute Gasteiger partial charge is 0.424 e. The van der Waals surface area contributed by atoms with Gasteiger partial charge in [-0.05, 0) is 49.1 Å². The van der Waals surface area contributed by atoms with E-state index in [4.69, 9.17) is 15.2 Å². The molecule has 2 atom stereocenters. The first-order valence-electron chi connectivity index (χ1n) is 15.6. The van der Waals surface area contributed by atoms with Crippen molar-refractivity contribution in [2.24, 2.45) is 5.73 Å². The third-order valence-corrected chi connectivity index (χ3v) is 9.27. The highest BCUT2D eigenvalue weighted by atomic mass is 19.4. The molecule has 3 aromatic carbocycles. The highest BCUT2D eigenvalue weighted by Gasteiger charge is 2.57. The Bertz CT molecular complexity index is 2100. The summed E-state index contributed by atoms with van der Waals surface area (Å²) in [6.07, 6.45) is -1.60. The van der Waals surface area contributed by atoms with E-state index in [0.29, 0.717) is 16.5 Å². The van der Waals surface area contributed by atoms with Gasteiger partial charge in [0.2, 0.25) is 11.5 Å². The number of amides is 2. The average Bonchev–Trinajstić information content (AvgIpc) is 3.77. The Balaban J connectivity index is 1.27. The molecule has 2 aliphatic rings. The molecular weight excluding hydrogens is 639 g/mol. The second kappa shape index (κ2) is 11.6. The van der Waals surface area contributed by atoms with Gasteiger partial charge in [0.05, 0.1) is 25.4 Å². The number of fused-ring (bicyclic) bond motifs is 2. The Labute approximate surface area is 278 Å². The Kier molecular flexibility index (Phi) is 7.62. The average molecular weight is 672 g/mol. The molecule has 0 radical (unpaired) electrons. The normalized spacial score (nSPS) is 18.4. The van der Waals surface area contributed by atoms with Crippen molar-refractivity contribution in [1.82, 2.24) is 20.1 Å². The molecule has 1 unspecified atom stereocenters. The fraction of sp³-hybridized carbons (Fsp3) is 0.278. The topological polar surface area (TPSA) is 142 Å². The fourth-order valence-corrected chi connectivity index (χ4v) is 6.03. The summed E-state index contributed by atoms with van der Waals surface area (Å²) in [6.45, 7) is -0.0689. The zero-order valence-electron chi connectivity index (χ0n) is 26.5. The van der Waals surface area contributed by atoms with Gasteiger partial charge in [-0.3, -0.25) is 14.3 Å².